The molecule has 2 aliphatic rings. The summed E-state index contributed by atoms with van der Waals surface area (Å²) < 4.78 is 7.13. The zero-order chi connectivity index (χ0) is 12.8. The normalized spacial score (nSPS) is 28.6. The summed E-state index contributed by atoms with van der Waals surface area (Å²) in [6, 6.07) is 11.2. The van der Waals surface area contributed by atoms with Crippen LogP contribution in [0.15, 0.2) is 40.2 Å². The monoisotopic (exact) mass is 335 g/mol. The fraction of sp³-hybridized carbons (Fsp3) is 0.333. The first-order valence-corrected chi connectivity index (χ1v) is 8.21. The Labute approximate surface area is 124 Å². The van der Waals surface area contributed by atoms with E-state index in [0.29, 0.717) is 12.0 Å². The summed E-state index contributed by atoms with van der Waals surface area (Å²) in [6.07, 6.45) is 1.37. The molecule has 2 aromatic rings. The van der Waals surface area contributed by atoms with Gasteiger partial charge in [0.05, 0.1) is 12.1 Å². The third-order valence-corrected chi connectivity index (χ3v) is 5.50. The van der Waals surface area contributed by atoms with Crippen molar-refractivity contribution < 1.29 is 4.74 Å². The zero-order valence-electron chi connectivity index (χ0n) is 10.3. The predicted molar refractivity (Wildman–Crippen MR) is 81.6 cm³/mol. The molecule has 0 radical (unpaired) electrons. The van der Waals surface area contributed by atoms with Crippen molar-refractivity contribution in [1.29, 1.82) is 0 Å². The van der Waals surface area contributed by atoms with E-state index >= 15 is 0 Å². The maximum absolute atomic E-state index is 6.01. The Bertz CT molecular complexity index is 598. The standard InChI is InChI=1S/C15H14BrNOS/c16-9-3-4-12-11(8-9)15-10(5-6-18-15)14(17-12)13-2-1-7-19-13/h1-4,7-8,10,14-15,17H,5-6H2/t10-,14-,15-/m0/s1. The second kappa shape index (κ2) is 4.62. The molecule has 1 fully saturated rings. The van der Waals surface area contributed by atoms with Crippen LogP contribution in [-0.2, 0) is 4.74 Å². The fourth-order valence-corrected chi connectivity index (χ4v) is 4.42. The van der Waals surface area contributed by atoms with Crippen molar-refractivity contribution in [2.24, 2.45) is 5.92 Å². The topological polar surface area (TPSA) is 21.3 Å². The lowest BCUT2D eigenvalue weighted by Crippen LogP contribution is -2.28. The van der Waals surface area contributed by atoms with Crippen molar-refractivity contribution in [2.45, 2.75) is 18.6 Å². The lowest BCUT2D eigenvalue weighted by molar-refractivity contribution is 0.0832. The predicted octanol–water partition coefficient (Wildman–Crippen LogP) is 4.76. The van der Waals surface area contributed by atoms with Crippen molar-refractivity contribution in [1.82, 2.24) is 0 Å². The Morgan fingerprint density at radius 3 is 3.11 bits per heavy atom. The van der Waals surface area contributed by atoms with Gasteiger partial charge in [-0.3, -0.25) is 0 Å². The molecule has 0 saturated carbocycles. The van der Waals surface area contributed by atoms with Gasteiger partial charge in [0, 0.05) is 33.1 Å². The number of rotatable bonds is 1. The van der Waals surface area contributed by atoms with Crippen LogP contribution >= 0.6 is 27.3 Å². The SMILES string of the molecule is Brc1ccc2c(c1)[C@H]1OCC[C@H]1[C@@H](c1cccs1)N2. The van der Waals surface area contributed by atoms with Gasteiger partial charge in [-0.05, 0) is 36.1 Å². The minimum absolute atomic E-state index is 0.237. The van der Waals surface area contributed by atoms with Crippen molar-refractivity contribution in [3.05, 3.63) is 50.6 Å². The van der Waals surface area contributed by atoms with Crippen LogP contribution in [0.1, 0.15) is 29.0 Å². The Balaban J connectivity index is 1.80. The summed E-state index contributed by atoms with van der Waals surface area (Å²) in [6.45, 7) is 0.866. The maximum atomic E-state index is 6.01. The van der Waals surface area contributed by atoms with Crippen LogP contribution in [0.2, 0.25) is 0 Å². The second-order valence-corrected chi connectivity index (χ2v) is 7.01. The molecule has 3 atom stereocenters. The molecule has 0 spiro atoms. The van der Waals surface area contributed by atoms with E-state index < -0.39 is 0 Å². The molecule has 2 nitrogen and oxygen atoms in total. The van der Waals surface area contributed by atoms with E-state index in [2.05, 4.69) is 57.0 Å². The van der Waals surface area contributed by atoms with Crippen LogP contribution in [0.3, 0.4) is 0 Å². The average Bonchev–Trinajstić information content (AvgIpc) is 3.09. The average molecular weight is 336 g/mol. The van der Waals surface area contributed by atoms with Gasteiger partial charge < -0.3 is 10.1 Å². The molecular formula is C15H14BrNOS. The molecule has 3 heterocycles. The van der Waals surface area contributed by atoms with Gasteiger partial charge >= 0.3 is 0 Å². The van der Waals surface area contributed by atoms with E-state index in [1.165, 1.54) is 16.1 Å². The molecule has 4 rings (SSSR count). The summed E-state index contributed by atoms with van der Waals surface area (Å²) in [7, 11) is 0. The summed E-state index contributed by atoms with van der Waals surface area (Å²) in [5.74, 6) is 0.542. The van der Waals surface area contributed by atoms with Crippen LogP contribution < -0.4 is 5.32 Å². The molecular weight excluding hydrogens is 322 g/mol. The summed E-state index contributed by atoms with van der Waals surface area (Å²) in [4.78, 5) is 1.41. The number of nitrogens with one attached hydrogen (secondary N) is 1. The molecule has 1 aromatic heterocycles. The minimum Gasteiger partial charge on any atom is -0.377 e. The van der Waals surface area contributed by atoms with E-state index in [-0.39, 0.29) is 6.10 Å². The lowest BCUT2D eigenvalue weighted by atomic mass is 9.83. The van der Waals surface area contributed by atoms with Crippen molar-refractivity contribution in [3.8, 4) is 0 Å². The highest BCUT2D eigenvalue weighted by Crippen LogP contribution is 2.50. The Hall–Kier alpha value is -0.840. The Kier molecular flexibility index (Phi) is 2.90. The van der Waals surface area contributed by atoms with Gasteiger partial charge in [-0.2, -0.15) is 0 Å². The Morgan fingerprint density at radius 1 is 1.32 bits per heavy atom. The van der Waals surface area contributed by atoms with Gasteiger partial charge in [0.2, 0.25) is 0 Å². The van der Waals surface area contributed by atoms with Gasteiger partial charge in [-0.15, -0.1) is 11.3 Å². The molecule has 1 N–H and O–H groups in total. The highest BCUT2D eigenvalue weighted by atomic mass is 79.9. The highest BCUT2D eigenvalue weighted by molar-refractivity contribution is 9.10. The number of hydrogen-bond donors (Lipinski definition) is 1. The van der Waals surface area contributed by atoms with E-state index in [1.54, 1.807) is 0 Å². The molecule has 98 valence electrons. The lowest BCUT2D eigenvalue weighted by Gasteiger charge is -2.35. The summed E-state index contributed by atoms with van der Waals surface area (Å²) in [5.41, 5.74) is 2.51. The zero-order valence-corrected chi connectivity index (χ0v) is 12.7. The smallest absolute Gasteiger partial charge is 0.0897 e. The number of ether oxygens (including phenoxy) is 1. The first kappa shape index (κ1) is 11.9. The molecule has 0 amide bonds. The molecule has 2 aliphatic heterocycles. The van der Waals surface area contributed by atoms with Crippen molar-refractivity contribution >= 4 is 33.0 Å². The minimum atomic E-state index is 0.237. The van der Waals surface area contributed by atoms with E-state index in [0.717, 1.165) is 17.5 Å². The van der Waals surface area contributed by atoms with Crippen molar-refractivity contribution in [3.63, 3.8) is 0 Å². The van der Waals surface area contributed by atoms with E-state index in [4.69, 9.17) is 4.74 Å². The number of hydrogen-bond acceptors (Lipinski definition) is 3. The van der Waals surface area contributed by atoms with Crippen molar-refractivity contribution in [2.75, 3.05) is 11.9 Å². The molecule has 0 bridgehead atoms. The Morgan fingerprint density at radius 2 is 2.26 bits per heavy atom. The van der Waals surface area contributed by atoms with E-state index in [9.17, 15) is 0 Å². The van der Waals surface area contributed by atoms with Gasteiger partial charge in [0.1, 0.15) is 0 Å². The number of anilines is 1. The van der Waals surface area contributed by atoms with Crippen LogP contribution in [-0.4, -0.2) is 6.61 Å². The number of halogens is 1. The number of fused-ring (bicyclic) bond motifs is 3. The fourth-order valence-electron chi connectivity index (χ4n) is 3.19. The van der Waals surface area contributed by atoms with Gasteiger partial charge in [0.15, 0.2) is 0 Å². The number of thiophene rings is 1. The quantitative estimate of drug-likeness (QED) is 0.811. The largest absolute Gasteiger partial charge is 0.377 e. The highest BCUT2D eigenvalue weighted by Gasteiger charge is 2.41. The molecule has 4 heteroatoms. The first-order chi connectivity index (χ1) is 9.33. The molecule has 0 unspecified atom stereocenters. The van der Waals surface area contributed by atoms with Crippen LogP contribution in [0, 0.1) is 5.92 Å². The molecule has 19 heavy (non-hydrogen) atoms. The van der Waals surface area contributed by atoms with Crippen LogP contribution in [0.4, 0.5) is 5.69 Å². The third kappa shape index (κ3) is 1.93. The van der Waals surface area contributed by atoms with Gasteiger partial charge in [-0.1, -0.05) is 22.0 Å². The molecule has 1 saturated heterocycles. The first-order valence-electron chi connectivity index (χ1n) is 6.54. The third-order valence-electron chi connectivity index (χ3n) is 4.05. The van der Waals surface area contributed by atoms with Crippen LogP contribution in [0.25, 0.3) is 0 Å². The summed E-state index contributed by atoms with van der Waals surface area (Å²) >= 11 is 5.39. The molecule has 1 aromatic carbocycles. The molecule has 0 aliphatic carbocycles. The number of benzene rings is 1. The van der Waals surface area contributed by atoms with Gasteiger partial charge in [0.25, 0.3) is 0 Å². The van der Waals surface area contributed by atoms with Crippen LogP contribution in [0.5, 0.6) is 0 Å². The van der Waals surface area contributed by atoms with Gasteiger partial charge in [-0.25, -0.2) is 0 Å². The maximum Gasteiger partial charge on any atom is 0.0897 e. The second-order valence-electron chi connectivity index (χ2n) is 5.11. The summed E-state index contributed by atoms with van der Waals surface area (Å²) in [5, 5.41) is 5.86. The van der Waals surface area contributed by atoms with E-state index in [1.807, 2.05) is 11.3 Å².